The van der Waals surface area contributed by atoms with E-state index in [0.717, 1.165) is 75.9 Å². The molecule has 2 saturated carbocycles. The van der Waals surface area contributed by atoms with Crippen LogP contribution in [0.25, 0.3) is 0 Å². The number of ether oxygens (including phenoxy) is 1. The van der Waals surface area contributed by atoms with Crippen molar-refractivity contribution in [2.24, 2.45) is 22.7 Å². The van der Waals surface area contributed by atoms with Crippen LogP contribution < -0.4 is 5.32 Å². The number of nitrogens with one attached hydrogen (secondary N) is 1. The van der Waals surface area contributed by atoms with Gasteiger partial charge in [-0.2, -0.15) is 0 Å². The Morgan fingerprint density at radius 1 is 1.12 bits per heavy atom. The number of carbonyl (C=O) groups excluding carboxylic acids is 1. The molecule has 1 amide bonds. The highest BCUT2D eigenvalue weighted by Gasteiger charge is 2.39. The van der Waals surface area contributed by atoms with Gasteiger partial charge in [0.25, 0.3) is 5.91 Å². The molecule has 6 nitrogen and oxygen atoms in total. The monoisotopic (exact) mass is 362 g/mol. The normalized spacial score (nSPS) is 34.6. The van der Waals surface area contributed by atoms with E-state index in [4.69, 9.17) is 4.74 Å². The van der Waals surface area contributed by atoms with Gasteiger partial charge < -0.3 is 19.9 Å². The lowest BCUT2D eigenvalue weighted by atomic mass is 9.86. The van der Waals surface area contributed by atoms with Crippen LogP contribution >= 0.6 is 0 Å². The molecule has 146 valence electrons. The van der Waals surface area contributed by atoms with Crippen LogP contribution in [-0.2, 0) is 9.53 Å². The average molecular weight is 363 g/mol. The van der Waals surface area contributed by atoms with E-state index in [2.05, 4.69) is 15.2 Å². The molecule has 1 N–H and O–H groups in total. The maximum absolute atomic E-state index is 12.5. The van der Waals surface area contributed by atoms with Crippen LogP contribution in [-0.4, -0.2) is 74.1 Å². The molecule has 0 radical (unpaired) electrons. The fourth-order valence-corrected chi connectivity index (χ4v) is 5.55. The van der Waals surface area contributed by atoms with Gasteiger partial charge in [0.1, 0.15) is 6.10 Å². The number of hydrogen-bond acceptors (Lipinski definition) is 3. The molecular formula is C20H34N4O2. The Bertz CT molecular complexity index is 524. The van der Waals surface area contributed by atoms with Gasteiger partial charge in [-0.1, -0.05) is 6.42 Å². The smallest absolute Gasteiger partial charge is 0.251 e. The molecule has 26 heavy (non-hydrogen) atoms. The molecule has 2 aliphatic carbocycles. The first-order chi connectivity index (χ1) is 12.7. The number of piperazine rings is 1. The van der Waals surface area contributed by atoms with Gasteiger partial charge in [-0.15, -0.1) is 0 Å². The van der Waals surface area contributed by atoms with Gasteiger partial charge in [0.2, 0.25) is 0 Å². The van der Waals surface area contributed by atoms with Crippen molar-refractivity contribution in [1.82, 2.24) is 15.1 Å². The second-order valence-corrected chi connectivity index (χ2v) is 8.51. The van der Waals surface area contributed by atoms with Crippen molar-refractivity contribution in [3.63, 3.8) is 0 Å². The molecule has 0 spiro atoms. The number of rotatable bonds is 4. The SMILES string of the molecule is CN=C(NCCC1CC2CCC1C2)N1CCN(C(=O)C2CCCO2)CC1. The van der Waals surface area contributed by atoms with Crippen molar-refractivity contribution in [1.29, 1.82) is 0 Å². The summed E-state index contributed by atoms with van der Waals surface area (Å²) in [6, 6.07) is 0. The zero-order chi connectivity index (χ0) is 17.9. The summed E-state index contributed by atoms with van der Waals surface area (Å²) in [5.74, 6) is 4.13. The Balaban J connectivity index is 1.19. The van der Waals surface area contributed by atoms with Crippen LogP contribution in [0.3, 0.4) is 0 Å². The van der Waals surface area contributed by atoms with Crippen LogP contribution in [0.4, 0.5) is 0 Å². The second kappa shape index (κ2) is 8.15. The molecular weight excluding hydrogens is 328 g/mol. The van der Waals surface area contributed by atoms with Crippen LogP contribution in [0.2, 0.25) is 0 Å². The first-order valence-electron chi connectivity index (χ1n) is 10.6. The van der Waals surface area contributed by atoms with Gasteiger partial charge >= 0.3 is 0 Å². The summed E-state index contributed by atoms with van der Waals surface area (Å²) in [5, 5.41) is 3.57. The number of nitrogens with zero attached hydrogens (tertiary/aromatic N) is 3. The highest BCUT2D eigenvalue weighted by Crippen LogP contribution is 2.49. The van der Waals surface area contributed by atoms with E-state index in [1.165, 1.54) is 32.1 Å². The minimum atomic E-state index is -0.194. The second-order valence-electron chi connectivity index (χ2n) is 8.51. The van der Waals surface area contributed by atoms with E-state index in [-0.39, 0.29) is 12.0 Å². The zero-order valence-corrected chi connectivity index (χ0v) is 16.2. The average Bonchev–Trinajstić information content (AvgIpc) is 3.43. The minimum absolute atomic E-state index is 0.182. The molecule has 6 heteroatoms. The van der Waals surface area contributed by atoms with E-state index < -0.39 is 0 Å². The first-order valence-corrected chi connectivity index (χ1v) is 10.6. The van der Waals surface area contributed by atoms with Crippen molar-refractivity contribution in [2.45, 2.75) is 51.0 Å². The Hall–Kier alpha value is -1.30. The van der Waals surface area contributed by atoms with E-state index in [1.807, 2.05) is 11.9 Å². The molecule has 0 aromatic carbocycles. The first kappa shape index (κ1) is 18.1. The lowest BCUT2D eigenvalue weighted by molar-refractivity contribution is -0.142. The van der Waals surface area contributed by atoms with Gasteiger partial charge in [-0.3, -0.25) is 9.79 Å². The summed E-state index contributed by atoms with van der Waals surface area (Å²) in [4.78, 5) is 21.2. The molecule has 0 aromatic rings. The quantitative estimate of drug-likeness (QED) is 0.611. The molecule has 2 saturated heterocycles. The molecule has 4 fully saturated rings. The van der Waals surface area contributed by atoms with Crippen LogP contribution in [0.5, 0.6) is 0 Å². The zero-order valence-electron chi connectivity index (χ0n) is 16.2. The maximum atomic E-state index is 12.5. The van der Waals surface area contributed by atoms with Crippen molar-refractivity contribution in [3.8, 4) is 0 Å². The fraction of sp³-hybridized carbons (Fsp3) is 0.900. The molecule has 4 aliphatic rings. The van der Waals surface area contributed by atoms with Crippen molar-refractivity contribution >= 4 is 11.9 Å². The predicted octanol–water partition coefficient (Wildman–Crippen LogP) is 1.71. The van der Waals surface area contributed by atoms with Crippen molar-refractivity contribution in [3.05, 3.63) is 0 Å². The molecule has 2 heterocycles. The molecule has 4 rings (SSSR count). The molecule has 4 unspecified atom stereocenters. The molecule has 2 aliphatic heterocycles. The number of hydrogen-bond donors (Lipinski definition) is 1. The Kier molecular flexibility index (Phi) is 5.67. The van der Waals surface area contributed by atoms with Crippen molar-refractivity contribution in [2.75, 3.05) is 46.4 Å². The summed E-state index contributed by atoms with van der Waals surface area (Å²) in [5.41, 5.74) is 0. The van der Waals surface area contributed by atoms with E-state index in [9.17, 15) is 4.79 Å². The van der Waals surface area contributed by atoms with Crippen LogP contribution in [0, 0.1) is 17.8 Å². The van der Waals surface area contributed by atoms with Gasteiger partial charge in [0, 0.05) is 46.4 Å². The highest BCUT2D eigenvalue weighted by molar-refractivity contribution is 5.82. The minimum Gasteiger partial charge on any atom is -0.368 e. The number of carbonyl (C=O) groups is 1. The highest BCUT2D eigenvalue weighted by atomic mass is 16.5. The summed E-state index contributed by atoms with van der Waals surface area (Å²) < 4.78 is 5.55. The largest absolute Gasteiger partial charge is 0.368 e. The van der Waals surface area contributed by atoms with E-state index in [0.29, 0.717) is 0 Å². The molecule has 4 atom stereocenters. The number of fused-ring (bicyclic) bond motifs is 2. The maximum Gasteiger partial charge on any atom is 0.251 e. The van der Waals surface area contributed by atoms with E-state index in [1.54, 1.807) is 0 Å². The number of guanidine groups is 1. The third-order valence-electron chi connectivity index (χ3n) is 6.99. The lowest BCUT2D eigenvalue weighted by Gasteiger charge is -2.37. The summed E-state index contributed by atoms with van der Waals surface area (Å²) in [6.45, 7) is 5.00. The summed E-state index contributed by atoms with van der Waals surface area (Å²) in [6.07, 6.45) is 8.85. The number of aliphatic imine (C=N–C) groups is 1. The van der Waals surface area contributed by atoms with Gasteiger partial charge in [0.15, 0.2) is 5.96 Å². The molecule has 2 bridgehead atoms. The van der Waals surface area contributed by atoms with Gasteiger partial charge in [0.05, 0.1) is 0 Å². The van der Waals surface area contributed by atoms with Gasteiger partial charge in [-0.25, -0.2) is 0 Å². The Labute approximate surface area is 157 Å². The van der Waals surface area contributed by atoms with Crippen LogP contribution in [0.1, 0.15) is 44.9 Å². The van der Waals surface area contributed by atoms with E-state index >= 15 is 0 Å². The van der Waals surface area contributed by atoms with Gasteiger partial charge in [-0.05, 0) is 56.3 Å². The van der Waals surface area contributed by atoms with Crippen molar-refractivity contribution < 1.29 is 9.53 Å². The Morgan fingerprint density at radius 2 is 1.92 bits per heavy atom. The topological polar surface area (TPSA) is 57.2 Å². The predicted molar refractivity (Wildman–Crippen MR) is 102 cm³/mol. The standard InChI is InChI=1S/C20H34N4O2/c1-21-20(22-7-6-17-14-15-4-5-16(17)13-15)24-10-8-23(9-11-24)19(25)18-3-2-12-26-18/h15-18H,2-14H2,1H3,(H,21,22). The summed E-state index contributed by atoms with van der Waals surface area (Å²) >= 11 is 0. The summed E-state index contributed by atoms with van der Waals surface area (Å²) in [7, 11) is 1.86. The third kappa shape index (κ3) is 3.85. The Morgan fingerprint density at radius 3 is 2.54 bits per heavy atom. The lowest BCUT2D eigenvalue weighted by Crippen LogP contribution is -2.55. The fourth-order valence-electron chi connectivity index (χ4n) is 5.55. The molecule has 0 aromatic heterocycles. The number of amides is 1. The third-order valence-corrected chi connectivity index (χ3v) is 6.99. The van der Waals surface area contributed by atoms with Crippen LogP contribution in [0.15, 0.2) is 4.99 Å².